The van der Waals surface area contributed by atoms with Gasteiger partial charge in [-0.2, -0.15) is 0 Å². The first-order valence-corrected chi connectivity index (χ1v) is 5.86. The van der Waals surface area contributed by atoms with Gasteiger partial charge in [-0.1, -0.05) is 0 Å². The summed E-state index contributed by atoms with van der Waals surface area (Å²) in [4.78, 5) is 2.66. The highest BCUT2D eigenvalue weighted by Gasteiger charge is 2.31. The van der Waals surface area contributed by atoms with Gasteiger partial charge >= 0.3 is 0 Å². The van der Waals surface area contributed by atoms with Crippen molar-refractivity contribution in [2.45, 2.75) is 37.8 Å². The van der Waals surface area contributed by atoms with Crippen LogP contribution in [0, 0.1) is 0 Å². The smallest absolute Gasteiger partial charge is 0.0587 e. The number of piperidine rings is 1. The van der Waals surface area contributed by atoms with Crippen molar-refractivity contribution in [1.82, 2.24) is 10.2 Å². The van der Waals surface area contributed by atoms with Crippen LogP contribution in [-0.2, 0) is 4.74 Å². The molecule has 0 aromatic heterocycles. The van der Waals surface area contributed by atoms with E-state index in [2.05, 4.69) is 10.2 Å². The lowest BCUT2D eigenvalue weighted by molar-refractivity contribution is 0.168. The Balaban J connectivity index is 1.58. The summed E-state index contributed by atoms with van der Waals surface area (Å²) in [6, 6.07) is 1.69. The van der Waals surface area contributed by atoms with Gasteiger partial charge in [0.25, 0.3) is 0 Å². The molecule has 0 aromatic carbocycles. The minimum Gasteiger partial charge on any atom is -0.383 e. The number of nitrogens with one attached hydrogen (secondary N) is 1. The molecule has 1 saturated heterocycles. The zero-order valence-corrected chi connectivity index (χ0v) is 9.17. The first kappa shape index (κ1) is 10.4. The fourth-order valence-electron chi connectivity index (χ4n) is 2.27. The van der Waals surface area contributed by atoms with E-state index in [1.165, 1.54) is 38.8 Å². The maximum absolute atomic E-state index is 5.03. The normalized spacial score (nSPS) is 25.5. The van der Waals surface area contributed by atoms with Gasteiger partial charge in [0.2, 0.25) is 0 Å². The summed E-state index contributed by atoms with van der Waals surface area (Å²) in [5.74, 6) is 0. The molecular weight excluding hydrogens is 176 g/mol. The molecule has 3 nitrogen and oxygen atoms in total. The SMILES string of the molecule is COCCNC1CCN(C2CC2)CC1. The van der Waals surface area contributed by atoms with Gasteiger partial charge in [0.1, 0.15) is 0 Å². The second-order valence-corrected chi connectivity index (χ2v) is 4.49. The molecule has 1 aliphatic heterocycles. The molecule has 1 N–H and O–H groups in total. The maximum atomic E-state index is 5.03. The second kappa shape index (κ2) is 5.10. The van der Waals surface area contributed by atoms with E-state index < -0.39 is 0 Å². The number of hydrogen-bond acceptors (Lipinski definition) is 3. The highest BCUT2D eigenvalue weighted by atomic mass is 16.5. The Kier molecular flexibility index (Phi) is 3.79. The van der Waals surface area contributed by atoms with Gasteiger partial charge in [0.05, 0.1) is 6.61 Å². The lowest BCUT2D eigenvalue weighted by Gasteiger charge is -2.32. The van der Waals surface area contributed by atoms with Gasteiger partial charge in [0, 0.05) is 25.7 Å². The first-order chi connectivity index (χ1) is 6.90. The first-order valence-electron chi connectivity index (χ1n) is 5.86. The number of ether oxygens (including phenoxy) is 1. The summed E-state index contributed by atoms with van der Waals surface area (Å²) >= 11 is 0. The average Bonchev–Trinajstić information content (AvgIpc) is 3.03. The Labute approximate surface area is 86.8 Å². The Morgan fingerprint density at radius 2 is 1.93 bits per heavy atom. The predicted octanol–water partition coefficient (Wildman–Crippen LogP) is 0.849. The van der Waals surface area contributed by atoms with Crippen LogP contribution < -0.4 is 5.32 Å². The summed E-state index contributed by atoms with van der Waals surface area (Å²) in [6.07, 6.45) is 5.53. The van der Waals surface area contributed by atoms with E-state index in [0.29, 0.717) is 0 Å². The van der Waals surface area contributed by atoms with E-state index in [1.54, 1.807) is 7.11 Å². The third kappa shape index (κ3) is 2.94. The van der Waals surface area contributed by atoms with Crippen molar-refractivity contribution in [2.24, 2.45) is 0 Å². The minimum absolute atomic E-state index is 0.736. The van der Waals surface area contributed by atoms with Gasteiger partial charge < -0.3 is 15.0 Å². The summed E-state index contributed by atoms with van der Waals surface area (Å²) in [7, 11) is 1.76. The summed E-state index contributed by atoms with van der Waals surface area (Å²) < 4.78 is 5.03. The molecule has 0 bridgehead atoms. The molecule has 2 rings (SSSR count). The van der Waals surface area contributed by atoms with Crippen LogP contribution in [0.15, 0.2) is 0 Å². The molecule has 1 aliphatic carbocycles. The van der Waals surface area contributed by atoms with Crippen LogP contribution >= 0.6 is 0 Å². The third-order valence-electron chi connectivity index (χ3n) is 3.33. The van der Waals surface area contributed by atoms with E-state index in [4.69, 9.17) is 4.74 Å². The topological polar surface area (TPSA) is 24.5 Å². The van der Waals surface area contributed by atoms with Crippen LogP contribution in [0.4, 0.5) is 0 Å². The molecule has 0 radical (unpaired) electrons. The highest BCUT2D eigenvalue weighted by Crippen LogP contribution is 2.29. The van der Waals surface area contributed by atoms with Gasteiger partial charge in [-0.15, -0.1) is 0 Å². The lowest BCUT2D eigenvalue weighted by Crippen LogP contribution is -2.44. The number of rotatable bonds is 5. The zero-order chi connectivity index (χ0) is 9.80. The Hall–Kier alpha value is -0.120. The molecular formula is C11H22N2O. The molecule has 1 heterocycles. The lowest BCUT2D eigenvalue weighted by atomic mass is 10.1. The van der Waals surface area contributed by atoms with Crippen molar-refractivity contribution in [3.63, 3.8) is 0 Å². The average molecular weight is 198 g/mol. The largest absolute Gasteiger partial charge is 0.383 e. The van der Waals surface area contributed by atoms with Crippen LogP contribution in [0.5, 0.6) is 0 Å². The Bertz CT molecular complexity index is 163. The van der Waals surface area contributed by atoms with Gasteiger partial charge in [0.15, 0.2) is 0 Å². The molecule has 0 aromatic rings. The Morgan fingerprint density at radius 1 is 1.21 bits per heavy atom. The Morgan fingerprint density at radius 3 is 2.50 bits per heavy atom. The molecule has 2 fully saturated rings. The fraction of sp³-hybridized carbons (Fsp3) is 1.00. The molecule has 82 valence electrons. The fourth-order valence-corrected chi connectivity index (χ4v) is 2.27. The van der Waals surface area contributed by atoms with Crippen molar-refractivity contribution in [3.8, 4) is 0 Å². The van der Waals surface area contributed by atoms with Gasteiger partial charge in [-0.05, 0) is 38.8 Å². The second-order valence-electron chi connectivity index (χ2n) is 4.49. The van der Waals surface area contributed by atoms with Crippen molar-refractivity contribution in [3.05, 3.63) is 0 Å². The number of methoxy groups -OCH3 is 1. The molecule has 0 atom stereocenters. The number of nitrogens with zero attached hydrogens (tertiary/aromatic N) is 1. The predicted molar refractivity (Wildman–Crippen MR) is 57.5 cm³/mol. The minimum atomic E-state index is 0.736. The molecule has 3 heteroatoms. The van der Waals surface area contributed by atoms with E-state index in [1.807, 2.05) is 0 Å². The number of likely N-dealkylation sites (tertiary alicyclic amines) is 1. The molecule has 0 amide bonds. The summed E-state index contributed by atoms with van der Waals surface area (Å²) in [5.41, 5.74) is 0. The highest BCUT2D eigenvalue weighted by molar-refractivity contribution is 4.88. The monoisotopic (exact) mass is 198 g/mol. The van der Waals surface area contributed by atoms with Crippen molar-refractivity contribution < 1.29 is 4.74 Å². The van der Waals surface area contributed by atoms with Crippen LogP contribution in [-0.4, -0.2) is 50.3 Å². The molecule has 0 unspecified atom stereocenters. The molecule has 1 saturated carbocycles. The zero-order valence-electron chi connectivity index (χ0n) is 9.17. The van der Waals surface area contributed by atoms with Crippen LogP contribution in [0.3, 0.4) is 0 Å². The van der Waals surface area contributed by atoms with Crippen molar-refractivity contribution in [1.29, 1.82) is 0 Å². The van der Waals surface area contributed by atoms with Gasteiger partial charge in [-0.25, -0.2) is 0 Å². The van der Waals surface area contributed by atoms with Crippen molar-refractivity contribution >= 4 is 0 Å². The van der Waals surface area contributed by atoms with Gasteiger partial charge in [-0.3, -0.25) is 0 Å². The van der Waals surface area contributed by atoms with Crippen molar-refractivity contribution in [2.75, 3.05) is 33.4 Å². The standard InChI is InChI=1S/C11H22N2O/c1-14-9-6-12-10-4-7-13(8-5-10)11-2-3-11/h10-12H,2-9H2,1H3. The van der Waals surface area contributed by atoms with Crippen LogP contribution in [0.25, 0.3) is 0 Å². The van der Waals surface area contributed by atoms with E-state index in [0.717, 1.165) is 25.2 Å². The third-order valence-corrected chi connectivity index (χ3v) is 3.33. The molecule has 14 heavy (non-hydrogen) atoms. The molecule has 2 aliphatic rings. The quantitative estimate of drug-likeness (QED) is 0.663. The number of hydrogen-bond donors (Lipinski definition) is 1. The maximum Gasteiger partial charge on any atom is 0.0587 e. The summed E-state index contributed by atoms with van der Waals surface area (Å²) in [5, 5.41) is 3.55. The molecule has 0 spiro atoms. The summed E-state index contributed by atoms with van der Waals surface area (Å²) in [6.45, 7) is 4.44. The van der Waals surface area contributed by atoms with Crippen LogP contribution in [0.2, 0.25) is 0 Å². The van der Waals surface area contributed by atoms with E-state index in [-0.39, 0.29) is 0 Å². The van der Waals surface area contributed by atoms with Crippen LogP contribution in [0.1, 0.15) is 25.7 Å². The van der Waals surface area contributed by atoms with E-state index >= 15 is 0 Å². The van der Waals surface area contributed by atoms with E-state index in [9.17, 15) is 0 Å².